The van der Waals surface area contributed by atoms with Gasteiger partial charge >= 0.3 is 12.1 Å². The Kier molecular flexibility index (Phi) is 5.91. The smallest absolute Gasteiger partial charge is 0.475 e. The summed E-state index contributed by atoms with van der Waals surface area (Å²) >= 11 is 0. The minimum atomic E-state index is -5.08. The summed E-state index contributed by atoms with van der Waals surface area (Å²) in [6, 6.07) is 3.61. The van der Waals surface area contributed by atoms with Gasteiger partial charge in [-0.15, -0.1) is 0 Å². The number of carbonyl (C=O) groups is 1. The summed E-state index contributed by atoms with van der Waals surface area (Å²) < 4.78 is 31.7. The second kappa shape index (κ2) is 6.48. The molecule has 19 heavy (non-hydrogen) atoms. The number of carboxylic acids is 1. The van der Waals surface area contributed by atoms with Crippen molar-refractivity contribution in [3.63, 3.8) is 0 Å². The summed E-state index contributed by atoms with van der Waals surface area (Å²) in [5.41, 5.74) is 6.25. The second-order valence-corrected chi connectivity index (χ2v) is 4.10. The largest absolute Gasteiger partial charge is 0.490 e. The van der Waals surface area contributed by atoms with Gasteiger partial charge in [0.2, 0.25) is 0 Å². The number of aliphatic hydroxyl groups is 1. The Morgan fingerprint density at radius 2 is 1.89 bits per heavy atom. The Morgan fingerprint density at radius 3 is 2.21 bits per heavy atom. The quantitative estimate of drug-likeness (QED) is 0.761. The summed E-state index contributed by atoms with van der Waals surface area (Å²) in [5.74, 6) is -2.76. The Balaban J connectivity index is 0.000000399. The minimum absolute atomic E-state index is 0.407. The topological polar surface area (TPSA) is 96.4 Å². The maximum Gasteiger partial charge on any atom is 0.490 e. The molecule has 8 heteroatoms. The van der Waals surface area contributed by atoms with Crippen LogP contribution < -0.4 is 5.73 Å². The number of nitrogens with zero attached hydrogens (tertiary/aromatic N) is 1. The van der Waals surface area contributed by atoms with E-state index in [4.69, 9.17) is 15.6 Å². The molecule has 0 amide bonds. The predicted molar refractivity (Wildman–Crippen MR) is 61.1 cm³/mol. The minimum Gasteiger partial charge on any atom is -0.475 e. The molecule has 0 aliphatic carbocycles. The highest BCUT2D eigenvalue weighted by atomic mass is 19.4. The van der Waals surface area contributed by atoms with Crippen molar-refractivity contribution in [3.8, 4) is 0 Å². The van der Waals surface area contributed by atoms with Crippen molar-refractivity contribution in [3.05, 3.63) is 29.6 Å². The zero-order valence-corrected chi connectivity index (χ0v) is 10.4. The van der Waals surface area contributed by atoms with E-state index in [2.05, 4.69) is 4.98 Å². The normalized spacial score (nSPS) is 11.5. The molecule has 1 heterocycles. The molecule has 0 aliphatic heterocycles. The van der Waals surface area contributed by atoms with Gasteiger partial charge < -0.3 is 15.9 Å². The average molecular weight is 280 g/mol. The van der Waals surface area contributed by atoms with Crippen molar-refractivity contribution in [1.82, 2.24) is 4.98 Å². The number of hydrogen-bond donors (Lipinski definition) is 3. The molecule has 0 atom stereocenters. The number of aromatic nitrogens is 1. The van der Waals surface area contributed by atoms with Crippen LogP contribution in [0.25, 0.3) is 0 Å². The first-order chi connectivity index (χ1) is 8.48. The lowest BCUT2D eigenvalue weighted by atomic mass is 9.99. The van der Waals surface area contributed by atoms with Crippen molar-refractivity contribution in [1.29, 1.82) is 0 Å². The molecule has 1 aromatic rings. The number of nitrogens with two attached hydrogens (primary N) is 1. The van der Waals surface area contributed by atoms with Crippen molar-refractivity contribution in [2.24, 2.45) is 5.73 Å². The van der Waals surface area contributed by atoms with E-state index in [9.17, 15) is 18.3 Å². The molecule has 0 aromatic carbocycles. The standard InChI is InChI=1S/C9H14N2O.C2HF3O2/c1-9(2,12)7-3-4-11-8(5-7)6-10;3-2(4,5)1(6)7/h3-5,12H,6,10H2,1-2H3;(H,6,7). The van der Waals surface area contributed by atoms with E-state index < -0.39 is 17.7 Å². The van der Waals surface area contributed by atoms with E-state index in [1.54, 1.807) is 26.1 Å². The molecular formula is C11H15F3N2O3. The number of alkyl halides is 3. The Bertz CT molecular complexity index is 428. The number of halogens is 3. The third-order valence-electron chi connectivity index (χ3n) is 1.97. The van der Waals surface area contributed by atoms with E-state index in [1.165, 1.54) is 0 Å². The molecule has 0 saturated carbocycles. The van der Waals surface area contributed by atoms with Gasteiger partial charge in [-0.25, -0.2) is 4.79 Å². The van der Waals surface area contributed by atoms with Gasteiger partial charge in [-0.05, 0) is 31.5 Å². The third kappa shape index (κ3) is 6.73. The van der Waals surface area contributed by atoms with Crippen molar-refractivity contribution in [2.45, 2.75) is 32.2 Å². The molecule has 1 rings (SSSR count). The molecule has 0 radical (unpaired) electrons. The van der Waals surface area contributed by atoms with Gasteiger partial charge in [0, 0.05) is 12.7 Å². The van der Waals surface area contributed by atoms with E-state index in [-0.39, 0.29) is 0 Å². The molecule has 1 aromatic heterocycles. The Morgan fingerprint density at radius 1 is 1.42 bits per heavy atom. The first-order valence-corrected chi connectivity index (χ1v) is 5.16. The van der Waals surface area contributed by atoms with Crippen molar-refractivity contribution in [2.75, 3.05) is 0 Å². The second-order valence-electron chi connectivity index (χ2n) is 4.10. The zero-order chi connectivity index (χ0) is 15.3. The van der Waals surface area contributed by atoms with E-state index in [1.807, 2.05) is 6.07 Å². The van der Waals surface area contributed by atoms with Gasteiger partial charge in [0.05, 0.1) is 11.3 Å². The molecule has 0 aliphatic rings. The number of hydrogen-bond acceptors (Lipinski definition) is 4. The molecule has 0 unspecified atom stereocenters. The first kappa shape index (κ1) is 17.3. The van der Waals surface area contributed by atoms with Gasteiger partial charge in [0.15, 0.2) is 0 Å². The van der Waals surface area contributed by atoms with Gasteiger partial charge in [-0.1, -0.05) is 0 Å². The maximum atomic E-state index is 10.6. The van der Waals surface area contributed by atoms with Crippen molar-refractivity contribution < 1.29 is 28.2 Å². The van der Waals surface area contributed by atoms with E-state index >= 15 is 0 Å². The molecule has 4 N–H and O–H groups in total. The van der Waals surface area contributed by atoms with Gasteiger partial charge in [0.1, 0.15) is 0 Å². The highest BCUT2D eigenvalue weighted by molar-refractivity contribution is 5.73. The number of pyridine rings is 1. The lowest BCUT2D eigenvalue weighted by Gasteiger charge is -2.17. The highest BCUT2D eigenvalue weighted by Gasteiger charge is 2.38. The summed E-state index contributed by atoms with van der Waals surface area (Å²) in [5, 5.41) is 16.8. The Hall–Kier alpha value is -1.67. The van der Waals surface area contributed by atoms with Crippen LogP contribution in [0.4, 0.5) is 13.2 Å². The molecule has 0 bridgehead atoms. The third-order valence-corrected chi connectivity index (χ3v) is 1.97. The van der Waals surface area contributed by atoms with Crippen LogP contribution >= 0.6 is 0 Å². The van der Waals surface area contributed by atoms with Crippen LogP contribution in [0.3, 0.4) is 0 Å². The monoisotopic (exact) mass is 280 g/mol. The predicted octanol–water partition coefficient (Wildman–Crippen LogP) is 1.40. The van der Waals surface area contributed by atoms with Gasteiger partial charge in [0.25, 0.3) is 0 Å². The zero-order valence-electron chi connectivity index (χ0n) is 10.4. The summed E-state index contributed by atoms with van der Waals surface area (Å²) in [6.45, 7) is 3.88. The lowest BCUT2D eigenvalue weighted by Crippen LogP contribution is -2.21. The summed E-state index contributed by atoms with van der Waals surface area (Å²) in [6.07, 6.45) is -3.42. The van der Waals surface area contributed by atoms with Crippen LogP contribution in [0.1, 0.15) is 25.1 Å². The average Bonchev–Trinajstić information content (AvgIpc) is 2.27. The summed E-state index contributed by atoms with van der Waals surface area (Å²) in [4.78, 5) is 12.9. The maximum absolute atomic E-state index is 10.6. The summed E-state index contributed by atoms with van der Waals surface area (Å²) in [7, 11) is 0. The number of aliphatic carboxylic acids is 1. The highest BCUT2D eigenvalue weighted by Crippen LogP contribution is 2.18. The SMILES string of the molecule is CC(C)(O)c1ccnc(CN)c1.O=C(O)C(F)(F)F. The lowest BCUT2D eigenvalue weighted by molar-refractivity contribution is -0.192. The number of carboxylic acid groups (broad SMARTS) is 1. The fourth-order valence-corrected chi connectivity index (χ4v) is 0.970. The van der Waals surface area contributed by atoms with Gasteiger partial charge in [-0.2, -0.15) is 13.2 Å². The molecule has 5 nitrogen and oxygen atoms in total. The Labute approximate surface area is 107 Å². The molecule has 108 valence electrons. The van der Waals surface area contributed by atoms with Crippen LogP contribution in [0.5, 0.6) is 0 Å². The number of rotatable bonds is 2. The van der Waals surface area contributed by atoms with Crippen LogP contribution in [-0.4, -0.2) is 27.3 Å². The fourth-order valence-electron chi connectivity index (χ4n) is 0.970. The van der Waals surface area contributed by atoms with E-state index in [0.29, 0.717) is 6.54 Å². The first-order valence-electron chi connectivity index (χ1n) is 5.16. The van der Waals surface area contributed by atoms with E-state index in [0.717, 1.165) is 11.3 Å². The van der Waals surface area contributed by atoms with Crippen LogP contribution in [0.15, 0.2) is 18.3 Å². The molecule has 0 saturated heterocycles. The molecular weight excluding hydrogens is 265 g/mol. The van der Waals surface area contributed by atoms with Crippen LogP contribution in [0, 0.1) is 0 Å². The van der Waals surface area contributed by atoms with Crippen molar-refractivity contribution >= 4 is 5.97 Å². The van der Waals surface area contributed by atoms with Gasteiger partial charge in [-0.3, -0.25) is 4.98 Å². The van der Waals surface area contributed by atoms with Crippen LogP contribution in [0.2, 0.25) is 0 Å². The molecule has 0 fully saturated rings. The molecule has 0 spiro atoms. The van der Waals surface area contributed by atoms with Crippen LogP contribution in [-0.2, 0) is 16.9 Å². The fraction of sp³-hybridized carbons (Fsp3) is 0.455.